The van der Waals surface area contributed by atoms with E-state index in [0.29, 0.717) is 16.4 Å². The van der Waals surface area contributed by atoms with Gasteiger partial charge in [-0.15, -0.1) is 0 Å². The van der Waals surface area contributed by atoms with E-state index in [0.717, 1.165) is 22.4 Å². The van der Waals surface area contributed by atoms with Crippen LogP contribution in [0.5, 0.6) is 0 Å². The van der Waals surface area contributed by atoms with Crippen molar-refractivity contribution in [3.8, 4) is 0 Å². The third-order valence-electron chi connectivity index (χ3n) is 3.94. The Labute approximate surface area is 132 Å². The highest BCUT2D eigenvalue weighted by Gasteiger charge is 2.35. The molecule has 2 aliphatic rings. The largest absolute Gasteiger partial charge is 0.470 e. The number of nitrogens with one attached hydrogen (secondary N) is 2. The molecule has 1 atom stereocenters. The van der Waals surface area contributed by atoms with E-state index in [2.05, 4.69) is 10.6 Å². The lowest BCUT2D eigenvalue weighted by atomic mass is 10.0. The fraction of sp³-hybridized carbons (Fsp3) is 0.118. The number of hydrogen-bond donors (Lipinski definition) is 2. The highest BCUT2D eigenvalue weighted by molar-refractivity contribution is 6.38. The number of rotatable bonds is 1. The van der Waals surface area contributed by atoms with Crippen molar-refractivity contribution in [1.29, 1.82) is 0 Å². The zero-order chi connectivity index (χ0) is 15.3. The molecule has 2 aliphatic heterocycles. The number of anilines is 1. The van der Waals surface area contributed by atoms with Crippen molar-refractivity contribution in [2.24, 2.45) is 0 Å². The molecule has 2 N–H and O–H groups in total. The van der Waals surface area contributed by atoms with Crippen molar-refractivity contribution < 1.29 is 9.53 Å². The molecular formula is C17H13ClN2O2. The lowest BCUT2D eigenvalue weighted by Crippen LogP contribution is -2.14. The molecule has 5 heteroatoms. The molecule has 2 aromatic rings. The summed E-state index contributed by atoms with van der Waals surface area (Å²) in [6.45, 7) is 0. The van der Waals surface area contributed by atoms with E-state index in [-0.39, 0.29) is 12.1 Å². The van der Waals surface area contributed by atoms with E-state index in [1.807, 2.05) is 31.3 Å². The van der Waals surface area contributed by atoms with E-state index in [1.165, 1.54) is 0 Å². The molecule has 0 fully saturated rings. The Morgan fingerprint density at radius 2 is 2.00 bits per heavy atom. The van der Waals surface area contributed by atoms with E-state index >= 15 is 0 Å². The molecule has 0 saturated carbocycles. The quantitative estimate of drug-likeness (QED) is 0.793. The highest BCUT2D eigenvalue weighted by atomic mass is 35.5. The number of halogens is 1. The second-order valence-corrected chi connectivity index (χ2v) is 5.66. The average Bonchev–Trinajstić information content (AvgIpc) is 3.04. The molecule has 0 aromatic heterocycles. The van der Waals surface area contributed by atoms with Crippen molar-refractivity contribution in [3.05, 3.63) is 64.2 Å². The molecule has 4 rings (SSSR count). The number of hydrogen-bond acceptors (Lipinski definition) is 3. The Bertz CT molecular complexity index is 829. The maximum Gasteiger partial charge on any atom is 0.260 e. The Hall–Kier alpha value is -2.30. The summed E-state index contributed by atoms with van der Waals surface area (Å²) in [6.07, 6.45) is -0.255. The van der Waals surface area contributed by atoms with Gasteiger partial charge in [-0.2, -0.15) is 0 Å². The van der Waals surface area contributed by atoms with Crippen LogP contribution >= 0.6 is 11.6 Å². The molecule has 4 nitrogen and oxygen atoms in total. The molecule has 0 saturated heterocycles. The Balaban J connectivity index is 1.97. The summed E-state index contributed by atoms with van der Waals surface area (Å²) in [7, 11) is 1.83. The van der Waals surface area contributed by atoms with Crippen molar-refractivity contribution in [3.63, 3.8) is 0 Å². The fourth-order valence-electron chi connectivity index (χ4n) is 2.95. The maximum atomic E-state index is 12.4. The molecule has 2 heterocycles. The van der Waals surface area contributed by atoms with E-state index in [1.54, 1.807) is 18.2 Å². The average molecular weight is 313 g/mol. The van der Waals surface area contributed by atoms with Gasteiger partial charge < -0.3 is 10.1 Å². The van der Waals surface area contributed by atoms with Crippen molar-refractivity contribution in [2.45, 2.75) is 6.23 Å². The monoisotopic (exact) mass is 312 g/mol. The van der Waals surface area contributed by atoms with Crippen molar-refractivity contribution in [1.82, 2.24) is 5.32 Å². The van der Waals surface area contributed by atoms with Crippen LogP contribution in [-0.2, 0) is 9.53 Å². The predicted molar refractivity (Wildman–Crippen MR) is 86.2 cm³/mol. The summed E-state index contributed by atoms with van der Waals surface area (Å²) in [5.41, 5.74) is 4.02. The van der Waals surface area contributed by atoms with Crippen LogP contribution in [0.25, 0.3) is 11.3 Å². The van der Waals surface area contributed by atoms with E-state index in [9.17, 15) is 4.79 Å². The van der Waals surface area contributed by atoms with Crippen molar-refractivity contribution in [2.75, 3.05) is 12.4 Å². The minimum Gasteiger partial charge on any atom is -0.470 e. The molecule has 0 radical (unpaired) electrons. The molecule has 0 unspecified atom stereocenters. The van der Waals surface area contributed by atoms with Gasteiger partial charge in [0.05, 0.1) is 5.57 Å². The third kappa shape index (κ3) is 1.85. The standard InChI is InChI=1S/C17H13ClN2O2/c1-19-17-11-5-3-2-4-10(11)15(22-17)14-12-8-9(18)6-7-13(12)20-16(14)21/h2-8,17,19H,1H3,(H,20,21)/b15-14+/t17-/m0/s1. The maximum absolute atomic E-state index is 12.4. The van der Waals surface area contributed by atoms with Gasteiger partial charge in [-0.25, -0.2) is 0 Å². The summed E-state index contributed by atoms with van der Waals surface area (Å²) in [5.74, 6) is 0.423. The van der Waals surface area contributed by atoms with Gasteiger partial charge in [0, 0.05) is 27.4 Å². The first-order valence-corrected chi connectivity index (χ1v) is 7.35. The summed E-state index contributed by atoms with van der Waals surface area (Å²) in [5, 5.41) is 6.56. The molecular weight excluding hydrogens is 300 g/mol. The number of carbonyl (C=O) groups is 1. The summed E-state index contributed by atoms with van der Waals surface area (Å²) in [6, 6.07) is 13.2. The van der Waals surface area contributed by atoms with Crippen LogP contribution in [0.2, 0.25) is 5.02 Å². The van der Waals surface area contributed by atoms with Gasteiger partial charge in [-0.1, -0.05) is 35.9 Å². The molecule has 0 spiro atoms. The third-order valence-corrected chi connectivity index (χ3v) is 4.17. The highest BCUT2D eigenvalue weighted by Crippen LogP contribution is 2.45. The minimum atomic E-state index is -0.255. The lowest BCUT2D eigenvalue weighted by molar-refractivity contribution is -0.110. The smallest absolute Gasteiger partial charge is 0.260 e. The minimum absolute atomic E-state index is 0.168. The van der Waals surface area contributed by atoms with Crippen LogP contribution in [0.1, 0.15) is 22.9 Å². The van der Waals surface area contributed by atoms with Gasteiger partial charge in [-0.05, 0) is 25.2 Å². The van der Waals surface area contributed by atoms with Crippen LogP contribution in [0, 0.1) is 0 Å². The topological polar surface area (TPSA) is 50.4 Å². The molecule has 110 valence electrons. The van der Waals surface area contributed by atoms with Crippen molar-refractivity contribution >= 4 is 34.5 Å². The van der Waals surface area contributed by atoms with Crippen LogP contribution < -0.4 is 10.6 Å². The zero-order valence-electron chi connectivity index (χ0n) is 11.8. The molecule has 0 bridgehead atoms. The number of amides is 1. The van der Waals surface area contributed by atoms with Gasteiger partial charge in [0.1, 0.15) is 5.76 Å². The van der Waals surface area contributed by atoms with Gasteiger partial charge in [0.25, 0.3) is 5.91 Å². The molecule has 2 aromatic carbocycles. The number of carbonyl (C=O) groups excluding carboxylic acids is 1. The number of ether oxygens (including phenoxy) is 1. The normalized spacial score (nSPS) is 22.1. The van der Waals surface area contributed by atoms with Crippen LogP contribution in [0.4, 0.5) is 5.69 Å². The summed E-state index contributed by atoms with van der Waals surface area (Å²) >= 11 is 6.08. The molecule has 1 amide bonds. The lowest BCUT2D eigenvalue weighted by Gasteiger charge is -2.11. The summed E-state index contributed by atoms with van der Waals surface area (Å²) < 4.78 is 6.00. The molecule has 22 heavy (non-hydrogen) atoms. The second-order valence-electron chi connectivity index (χ2n) is 5.22. The fourth-order valence-corrected chi connectivity index (χ4v) is 3.12. The first-order chi connectivity index (χ1) is 10.7. The Morgan fingerprint density at radius 3 is 2.82 bits per heavy atom. The van der Waals surface area contributed by atoms with Gasteiger partial charge in [0.15, 0.2) is 6.23 Å². The Morgan fingerprint density at radius 1 is 1.18 bits per heavy atom. The van der Waals surface area contributed by atoms with Crippen LogP contribution in [0.3, 0.4) is 0 Å². The van der Waals surface area contributed by atoms with Gasteiger partial charge in [0.2, 0.25) is 0 Å². The first-order valence-electron chi connectivity index (χ1n) is 6.98. The summed E-state index contributed by atoms with van der Waals surface area (Å²) in [4.78, 5) is 12.4. The first kappa shape index (κ1) is 13.4. The van der Waals surface area contributed by atoms with E-state index in [4.69, 9.17) is 16.3 Å². The SMILES string of the molecule is CN[C@H]1O/C(=C2/C(=O)Nc3ccc(Cl)cc32)c2ccccc21. The Kier molecular flexibility index (Phi) is 2.96. The predicted octanol–water partition coefficient (Wildman–Crippen LogP) is 3.41. The van der Waals surface area contributed by atoms with Gasteiger partial charge >= 0.3 is 0 Å². The van der Waals surface area contributed by atoms with Crippen LogP contribution in [0.15, 0.2) is 42.5 Å². The van der Waals surface area contributed by atoms with Gasteiger partial charge in [-0.3, -0.25) is 10.1 Å². The van der Waals surface area contributed by atoms with Crippen LogP contribution in [-0.4, -0.2) is 13.0 Å². The number of benzene rings is 2. The second kappa shape index (κ2) is 4.87. The van der Waals surface area contributed by atoms with E-state index < -0.39 is 0 Å². The number of fused-ring (bicyclic) bond motifs is 2. The molecule has 0 aliphatic carbocycles. The zero-order valence-corrected chi connectivity index (χ0v) is 12.6.